The number of anilines is 1. The van der Waals surface area contributed by atoms with Crippen LogP contribution in [0.1, 0.15) is 50.9 Å². The Morgan fingerprint density at radius 2 is 2.10 bits per heavy atom. The van der Waals surface area contributed by atoms with Gasteiger partial charge in [-0.05, 0) is 25.7 Å². The molecule has 0 bridgehead atoms. The number of nitrogens with two attached hydrogens (primary N) is 1. The molecular weight excluding hydrogens is 318 g/mol. The van der Waals surface area contributed by atoms with Crippen molar-refractivity contribution in [3.05, 3.63) is 12.2 Å². The number of imidazole rings is 1. The summed E-state index contributed by atoms with van der Waals surface area (Å²) in [5, 5.41) is 0.708. The van der Waals surface area contributed by atoms with Gasteiger partial charge >= 0.3 is 0 Å². The highest BCUT2D eigenvalue weighted by Gasteiger charge is 2.26. The first-order valence-electron chi connectivity index (χ1n) is 7.25. The molecule has 0 spiro atoms. The largest absolute Gasteiger partial charge is 0.382 e. The zero-order valence-corrected chi connectivity index (χ0v) is 13.3. The Balaban J connectivity index is 2.06. The normalized spacial score (nSPS) is 18.5. The lowest BCUT2D eigenvalue weighted by atomic mass is 9.84. The van der Waals surface area contributed by atoms with Gasteiger partial charge in [-0.15, -0.1) is 0 Å². The summed E-state index contributed by atoms with van der Waals surface area (Å²) < 4.78 is 2.25. The van der Waals surface area contributed by atoms with Crippen LogP contribution in [0.15, 0.2) is 6.33 Å². The van der Waals surface area contributed by atoms with Crippen LogP contribution in [0.3, 0.4) is 0 Å². The maximum atomic E-state index is 5.93. The van der Waals surface area contributed by atoms with Gasteiger partial charge in [0.2, 0.25) is 0 Å². The number of hydrogen-bond acceptors (Lipinski definition) is 4. The maximum absolute atomic E-state index is 5.93. The molecule has 1 unspecified atom stereocenters. The van der Waals surface area contributed by atoms with Crippen LogP contribution in [0.2, 0.25) is 0 Å². The summed E-state index contributed by atoms with van der Waals surface area (Å²) in [6.45, 7) is 2.28. The van der Waals surface area contributed by atoms with Crippen molar-refractivity contribution in [1.29, 1.82) is 0 Å². The molecule has 1 saturated carbocycles. The van der Waals surface area contributed by atoms with Crippen LogP contribution in [0.5, 0.6) is 0 Å². The van der Waals surface area contributed by atoms with E-state index in [9.17, 15) is 0 Å². The van der Waals surface area contributed by atoms with Gasteiger partial charge < -0.3 is 10.3 Å². The first kappa shape index (κ1) is 13.8. The summed E-state index contributed by atoms with van der Waals surface area (Å²) in [6, 6.07) is 0.405. The average molecular weight is 338 g/mol. The van der Waals surface area contributed by atoms with Crippen LogP contribution in [-0.4, -0.2) is 19.5 Å². The second-order valence-electron chi connectivity index (χ2n) is 5.60. The van der Waals surface area contributed by atoms with Crippen molar-refractivity contribution in [1.82, 2.24) is 19.5 Å². The second-order valence-corrected chi connectivity index (χ2v) is 6.16. The maximum Gasteiger partial charge on any atom is 0.165 e. The lowest BCUT2D eigenvalue weighted by molar-refractivity contribution is 0.264. The predicted molar refractivity (Wildman–Crippen MR) is 83.7 cm³/mol. The smallest absolute Gasteiger partial charge is 0.165 e. The third-order valence-electron chi connectivity index (χ3n) is 4.44. The van der Waals surface area contributed by atoms with E-state index in [0.29, 0.717) is 23.1 Å². The van der Waals surface area contributed by atoms with E-state index in [2.05, 4.69) is 42.4 Å². The van der Waals surface area contributed by atoms with Crippen molar-refractivity contribution in [3.63, 3.8) is 0 Å². The average Bonchev–Trinajstić information content (AvgIpc) is 2.87. The summed E-state index contributed by atoms with van der Waals surface area (Å²) >= 11 is 3.53. The molecule has 0 aromatic carbocycles. The molecule has 2 N–H and O–H groups in total. The molecule has 3 rings (SSSR count). The van der Waals surface area contributed by atoms with Crippen LogP contribution in [0.4, 0.5) is 5.82 Å². The first-order valence-corrected chi connectivity index (χ1v) is 8.37. The molecule has 0 amide bonds. The van der Waals surface area contributed by atoms with Crippen molar-refractivity contribution >= 4 is 32.9 Å². The molecule has 1 atom stereocenters. The molecule has 2 heterocycles. The Morgan fingerprint density at radius 1 is 1.35 bits per heavy atom. The van der Waals surface area contributed by atoms with Gasteiger partial charge in [0.1, 0.15) is 12.2 Å². The number of halogens is 1. The highest BCUT2D eigenvalue weighted by atomic mass is 79.9. The van der Waals surface area contributed by atoms with Crippen molar-refractivity contribution in [2.45, 2.75) is 50.4 Å². The molecular formula is C14H20BrN5. The molecule has 0 radical (unpaired) electrons. The standard InChI is InChI=1S/C14H20BrN5/c1-9(10-5-3-2-4-6-10)20-11(7-15)19-12-13(16)17-8-18-14(12)20/h8-10H,2-7H2,1H3,(H2,16,17,18). The first-order chi connectivity index (χ1) is 9.72. The van der Waals surface area contributed by atoms with Gasteiger partial charge in [0.25, 0.3) is 0 Å². The number of rotatable bonds is 3. The predicted octanol–water partition coefficient (Wildman–Crippen LogP) is 3.44. The van der Waals surface area contributed by atoms with E-state index in [0.717, 1.165) is 17.0 Å². The minimum atomic E-state index is 0.405. The van der Waals surface area contributed by atoms with Crippen molar-refractivity contribution in [2.24, 2.45) is 5.92 Å². The minimum Gasteiger partial charge on any atom is -0.382 e. The molecule has 1 fully saturated rings. The lowest BCUT2D eigenvalue weighted by Gasteiger charge is -2.29. The summed E-state index contributed by atoms with van der Waals surface area (Å²) in [5.74, 6) is 2.16. The Labute approximate surface area is 127 Å². The van der Waals surface area contributed by atoms with E-state index >= 15 is 0 Å². The van der Waals surface area contributed by atoms with Crippen LogP contribution < -0.4 is 5.73 Å². The van der Waals surface area contributed by atoms with E-state index < -0.39 is 0 Å². The zero-order valence-electron chi connectivity index (χ0n) is 11.7. The van der Waals surface area contributed by atoms with Gasteiger partial charge in [-0.3, -0.25) is 0 Å². The Morgan fingerprint density at radius 3 is 2.80 bits per heavy atom. The number of aromatic nitrogens is 4. The van der Waals surface area contributed by atoms with Crippen LogP contribution in [-0.2, 0) is 5.33 Å². The van der Waals surface area contributed by atoms with Crippen LogP contribution in [0.25, 0.3) is 11.2 Å². The molecule has 1 aliphatic carbocycles. The molecule has 0 aliphatic heterocycles. The van der Waals surface area contributed by atoms with E-state index in [1.807, 2.05) is 0 Å². The number of fused-ring (bicyclic) bond motifs is 1. The third kappa shape index (κ3) is 2.30. The van der Waals surface area contributed by atoms with Crippen LogP contribution in [0, 0.1) is 5.92 Å². The molecule has 1 aliphatic rings. The van der Waals surface area contributed by atoms with Crippen molar-refractivity contribution < 1.29 is 0 Å². The Kier molecular flexibility index (Phi) is 3.92. The summed E-state index contributed by atoms with van der Waals surface area (Å²) in [5.41, 5.74) is 7.52. The second kappa shape index (κ2) is 5.68. The third-order valence-corrected chi connectivity index (χ3v) is 4.94. The zero-order chi connectivity index (χ0) is 14.1. The van der Waals surface area contributed by atoms with E-state index in [1.165, 1.54) is 38.4 Å². The molecule has 20 heavy (non-hydrogen) atoms. The van der Waals surface area contributed by atoms with Gasteiger partial charge in [0, 0.05) is 6.04 Å². The Hall–Kier alpha value is -1.17. The quantitative estimate of drug-likeness (QED) is 0.871. The van der Waals surface area contributed by atoms with E-state index in [4.69, 9.17) is 5.73 Å². The number of nitrogens with zero attached hydrogens (tertiary/aromatic N) is 4. The van der Waals surface area contributed by atoms with Gasteiger partial charge in [-0.2, -0.15) is 0 Å². The number of alkyl halides is 1. The SMILES string of the molecule is CC(C1CCCCC1)n1c(CBr)nc2c(N)ncnc21. The van der Waals surface area contributed by atoms with Crippen molar-refractivity contribution in [3.8, 4) is 0 Å². The molecule has 6 heteroatoms. The Bertz CT molecular complexity index is 603. The van der Waals surface area contributed by atoms with Gasteiger partial charge in [0.15, 0.2) is 17.0 Å². The lowest BCUT2D eigenvalue weighted by Crippen LogP contribution is -2.21. The number of hydrogen-bond donors (Lipinski definition) is 1. The summed E-state index contributed by atoms with van der Waals surface area (Å²) in [6.07, 6.45) is 8.16. The van der Waals surface area contributed by atoms with Gasteiger partial charge in [-0.1, -0.05) is 35.2 Å². The molecule has 5 nitrogen and oxygen atoms in total. The molecule has 2 aromatic rings. The monoisotopic (exact) mass is 337 g/mol. The highest BCUT2D eigenvalue weighted by molar-refractivity contribution is 9.08. The topological polar surface area (TPSA) is 69.6 Å². The van der Waals surface area contributed by atoms with Crippen molar-refractivity contribution in [2.75, 3.05) is 5.73 Å². The minimum absolute atomic E-state index is 0.405. The highest BCUT2D eigenvalue weighted by Crippen LogP contribution is 2.35. The molecule has 2 aromatic heterocycles. The van der Waals surface area contributed by atoms with Gasteiger partial charge in [-0.25, -0.2) is 15.0 Å². The number of nitrogen functional groups attached to an aromatic ring is 1. The summed E-state index contributed by atoms with van der Waals surface area (Å²) in [7, 11) is 0. The molecule has 108 valence electrons. The fourth-order valence-corrected chi connectivity index (χ4v) is 3.72. The van der Waals surface area contributed by atoms with E-state index in [1.54, 1.807) is 0 Å². The van der Waals surface area contributed by atoms with E-state index in [-0.39, 0.29) is 0 Å². The molecule has 0 saturated heterocycles. The summed E-state index contributed by atoms with van der Waals surface area (Å²) in [4.78, 5) is 13.1. The van der Waals surface area contributed by atoms with Crippen LogP contribution >= 0.6 is 15.9 Å². The van der Waals surface area contributed by atoms with Gasteiger partial charge in [0.05, 0.1) is 5.33 Å². The fraction of sp³-hybridized carbons (Fsp3) is 0.643. The fourth-order valence-electron chi connectivity index (χ4n) is 3.32.